The smallest absolute Gasteiger partial charge is 0.343 e. The lowest BCUT2D eigenvalue weighted by atomic mass is 10.1. The van der Waals surface area contributed by atoms with Gasteiger partial charge in [-0.25, -0.2) is 4.79 Å². The Morgan fingerprint density at radius 2 is 2.05 bits per heavy atom. The lowest BCUT2D eigenvalue weighted by molar-refractivity contribution is 0.0734. The number of rotatable bonds is 4. The molecule has 0 aliphatic carbocycles. The Bertz CT molecular complexity index is 669. The van der Waals surface area contributed by atoms with Gasteiger partial charge in [-0.1, -0.05) is 12.1 Å². The first-order chi connectivity index (χ1) is 10.3. The van der Waals surface area contributed by atoms with Gasteiger partial charge in [-0.3, -0.25) is 0 Å². The van der Waals surface area contributed by atoms with Crippen LogP contribution in [0.1, 0.15) is 15.9 Å². The van der Waals surface area contributed by atoms with E-state index in [-0.39, 0.29) is 12.8 Å². The summed E-state index contributed by atoms with van der Waals surface area (Å²) in [6.07, 6.45) is 2.03. The number of benzene rings is 2. The largest absolute Gasteiger partial charge is 0.454 e. The van der Waals surface area contributed by atoms with E-state index in [4.69, 9.17) is 14.2 Å². The maximum absolute atomic E-state index is 12.2. The minimum Gasteiger partial charge on any atom is -0.454 e. The van der Waals surface area contributed by atoms with E-state index in [0.717, 1.165) is 11.3 Å². The average molecular weight is 302 g/mol. The van der Waals surface area contributed by atoms with E-state index in [9.17, 15) is 4.79 Å². The van der Waals surface area contributed by atoms with Gasteiger partial charge in [0.25, 0.3) is 0 Å². The van der Waals surface area contributed by atoms with Gasteiger partial charge in [0.15, 0.2) is 11.5 Å². The molecule has 0 fully saturated rings. The van der Waals surface area contributed by atoms with Crippen molar-refractivity contribution < 1.29 is 19.0 Å². The van der Waals surface area contributed by atoms with E-state index in [1.165, 1.54) is 0 Å². The number of esters is 1. The Labute approximate surface area is 127 Å². The van der Waals surface area contributed by atoms with Gasteiger partial charge in [-0.05, 0) is 36.1 Å². The van der Waals surface area contributed by atoms with Crippen LogP contribution in [0.15, 0.2) is 42.5 Å². The van der Waals surface area contributed by atoms with Crippen LogP contribution in [0.4, 0.5) is 0 Å². The first-order valence-electron chi connectivity index (χ1n) is 6.46. The summed E-state index contributed by atoms with van der Waals surface area (Å²) < 4.78 is 15.9. The summed E-state index contributed by atoms with van der Waals surface area (Å²) in [5.74, 6) is 2.19. The van der Waals surface area contributed by atoms with Crippen LogP contribution in [0.25, 0.3) is 0 Å². The van der Waals surface area contributed by atoms with Crippen molar-refractivity contribution in [2.75, 3.05) is 13.0 Å². The molecule has 4 nitrogen and oxygen atoms in total. The SMILES string of the molecule is CSCc1cccc(C(=O)Oc2ccc3c(c2)OCO3)c1. The quantitative estimate of drug-likeness (QED) is 0.639. The second-order valence-electron chi connectivity index (χ2n) is 4.54. The van der Waals surface area contributed by atoms with E-state index in [1.54, 1.807) is 36.0 Å². The Hall–Kier alpha value is -2.14. The Kier molecular flexibility index (Phi) is 4.01. The normalized spacial score (nSPS) is 12.2. The number of fused-ring (bicyclic) bond motifs is 1. The average Bonchev–Trinajstić information content (AvgIpc) is 2.95. The van der Waals surface area contributed by atoms with Gasteiger partial charge in [-0.15, -0.1) is 0 Å². The van der Waals surface area contributed by atoms with Crippen LogP contribution >= 0.6 is 11.8 Å². The van der Waals surface area contributed by atoms with Crippen molar-refractivity contribution in [1.29, 1.82) is 0 Å². The van der Waals surface area contributed by atoms with Crippen molar-refractivity contribution in [2.24, 2.45) is 0 Å². The molecule has 0 amide bonds. The van der Waals surface area contributed by atoms with E-state index >= 15 is 0 Å². The maximum Gasteiger partial charge on any atom is 0.343 e. The molecule has 0 bridgehead atoms. The van der Waals surface area contributed by atoms with Crippen molar-refractivity contribution in [3.63, 3.8) is 0 Å². The molecule has 5 heteroatoms. The molecule has 0 spiro atoms. The van der Waals surface area contributed by atoms with Crippen LogP contribution in [-0.2, 0) is 5.75 Å². The minimum absolute atomic E-state index is 0.198. The van der Waals surface area contributed by atoms with Gasteiger partial charge < -0.3 is 14.2 Å². The van der Waals surface area contributed by atoms with E-state index in [2.05, 4.69) is 0 Å². The summed E-state index contributed by atoms with van der Waals surface area (Å²) in [4.78, 5) is 12.2. The Morgan fingerprint density at radius 3 is 2.90 bits per heavy atom. The minimum atomic E-state index is -0.378. The molecule has 21 heavy (non-hydrogen) atoms. The summed E-state index contributed by atoms with van der Waals surface area (Å²) in [5, 5.41) is 0. The topological polar surface area (TPSA) is 44.8 Å². The molecule has 1 heterocycles. The third-order valence-corrected chi connectivity index (χ3v) is 3.65. The molecule has 0 saturated heterocycles. The zero-order valence-electron chi connectivity index (χ0n) is 11.5. The predicted octanol–water partition coefficient (Wildman–Crippen LogP) is 3.50. The molecule has 1 aliphatic heterocycles. The fourth-order valence-electron chi connectivity index (χ4n) is 2.06. The number of carbonyl (C=O) groups excluding carboxylic acids is 1. The second-order valence-corrected chi connectivity index (χ2v) is 5.40. The molecule has 2 aromatic rings. The van der Waals surface area contributed by atoms with Crippen LogP contribution < -0.4 is 14.2 Å². The van der Waals surface area contributed by atoms with Crippen LogP contribution in [0.2, 0.25) is 0 Å². The summed E-state index contributed by atoms with van der Waals surface area (Å²) in [6.45, 7) is 0.198. The lowest BCUT2D eigenvalue weighted by Crippen LogP contribution is -2.08. The zero-order chi connectivity index (χ0) is 14.7. The van der Waals surface area contributed by atoms with Crippen LogP contribution in [0.5, 0.6) is 17.2 Å². The highest BCUT2D eigenvalue weighted by Gasteiger charge is 2.16. The van der Waals surface area contributed by atoms with Gasteiger partial charge >= 0.3 is 5.97 Å². The Morgan fingerprint density at radius 1 is 1.19 bits per heavy atom. The van der Waals surface area contributed by atoms with E-state index in [0.29, 0.717) is 22.8 Å². The molecule has 0 unspecified atom stereocenters. The van der Waals surface area contributed by atoms with E-state index in [1.807, 2.05) is 24.5 Å². The maximum atomic E-state index is 12.2. The zero-order valence-corrected chi connectivity index (χ0v) is 12.3. The van der Waals surface area contributed by atoms with Crippen LogP contribution in [0.3, 0.4) is 0 Å². The molecule has 108 valence electrons. The lowest BCUT2D eigenvalue weighted by Gasteiger charge is -2.06. The first kappa shape index (κ1) is 13.8. The highest BCUT2D eigenvalue weighted by molar-refractivity contribution is 7.97. The van der Waals surface area contributed by atoms with Gasteiger partial charge in [0.1, 0.15) is 5.75 Å². The van der Waals surface area contributed by atoms with Crippen molar-refractivity contribution in [1.82, 2.24) is 0 Å². The van der Waals surface area contributed by atoms with Crippen LogP contribution in [0, 0.1) is 0 Å². The summed E-state index contributed by atoms with van der Waals surface area (Å²) in [7, 11) is 0. The third-order valence-electron chi connectivity index (χ3n) is 3.03. The fraction of sp³-hybridized carbons (Fsp3) is 0.188. The van der Waals surface area contributed by atoms with Crippen LogP contribution in [-0.4, -0.2) is 19.0 Å². The third kappa shape index (κ3) is 3.13. The fourth-order valence-corrected chi connectivity index (χ4v) is 2.57. The molecule has 3 rings (SSSR count). The summed E-state index contributed by atoms with van der Waals surface area (Å²) in [5.41, 5.74) is 1.64. The molecular formula is C16H14O4S. The van der Waals surface area contributed by atoms with Crippen molar-refractivity contribution in [2.45, 2.75) is 5.75 Å². The van der Waals surface area contributed by atoms with E-state index < -0.39 is 0 Å². The van der Waals surface area contributed by atoms with Crippen molar-refractivity contribution in [3.8, 4) is 17.2 Å². The number of thioether (sulfide) groups is 1. The van der Waals surface area contributed by atoms with Crippen molar-refractivity contribution in [3.05, 3.63) is 53.6 Å². The van der Waals surface area contributed by atoms with Gasteiger partial charge in [0, 0.05) is 11.8 Å². The highest BCUT2D eigenvalue weighted by Crippen LogP contribution is 2.35. The molecular weight excluding hydrogens is 288 g/mol. The van der Waals surface area contributed by atoms with Gasteiger partial charge in [0.2, 0.25) is 6.79 Å². The molecule has 0 aromatic heterocycles. The molecule has 1 aliphatic rings. The standard InChI is InChI=1S/C16H14O4S/c1-21-9-11-3-2-4-12(7-11)16(17)20-13-5-6-14-15(8-13)19-10-18-14/h2-8H,9-10H2,1H3. The molecule has 0 radical (unpaired) electrons. The summed E-state index contributed by atoms with van der Waals surface area (Å²) >= 11 is 1.71. The monoisotopic (exact) mass is 302 g/mol. The molecule has 0 atom stereocenters. The highest BCUT2D eigenvalue weighted by atomic mass is 32.2. The molecule has 0 saturated carbocycles. The molecule has 2 aromatic carbocycles. The number of ether oxygens (including phenoxy) is 3. The van der Waals surface area contributed by atoms with Gasteiger partial charge in [-0.2, -0.15) is 11.8 Å². The number of carbonyl (C=O) groups is 1. The number of hydrogen-bond donors (Lipinski definition) is 0. The number of hydrogen-bond acceptors (Lipinski definition) is 5. The van der Waals surface area contributed by atoms with Crippen molar-refractivity contribution >= 4 is 17.7 Å². The van der Waals surface area contributed by atoms with Gasteiger partial charge in [0.05, 0.1) is 5.56 Å². The first-order valence-corrected chi connectivity index (χ1v) is 7.85. The molecule has 0 N–H and O–H groups in total. The summed E-state index contributed by atoms with van der Waals surface area (Å²) in [6, 6.07) is 12.5. The second kappa shape index (κ2) is 6.10. The predicted molar refractivity (Wildman–Crippen MR) is 81.2 cm³/mol. The Balaban J connectivity index is 1.75.